The summed E-state index contributed by atoms with van der Waals surface area (Å²) in [5, 5.41) is 11.4. The molecule has 0 aliphatic carbocycles. The molecule has 2 aromatic rings. The molecule has 1 aliphatic rings. The molecule has 23 heavy (non-hydrogen) atoms. The summed E-state index contributed by atoms with van der Waals surface area (Å²) in [6, 6.07) is 9.64. The van der Waals surface area contributed by atoms with Gasteiger partial charge in [-0.05, 0) is 34.2 Å². The van der Waals surface area contributed by atoms with Crippen LogP contribution in [-0.4, -0.2) is 44.1 Å². The first-order valence-corrected chi connectivity index (χ1v) is 8.18. The fourth-order valence-electron chi connectivity index (χ4n) is 3.50. The Morgan fingerprint density at radius 2 is 1.91 bits per heavy atom. The number of carbonyl (C=O) groups excluding carboxylic acids is 1. The highest BCUT2D eigenvalue weighted by atomic mass is 16.2. The molecule has 1 fully saturated rings. The van der Waals surface area contributed by atoms with Gasteiger partial charge in [-0.2, -0.15) is 0 Å². The topological polar surface area (TPSA) is 63.9 Å². The van der Waals surface area contributed by atoms with E-state index in [0.29, 0.717) is 18.3 Å². The van der Waals surface area contributed by atoms with E-state index in [1.54, 1.807) is 4.68 Å². The smallest absolute Gasteiger partial charge is 0.247 e. The molecule has 1 aliphatic heterocycles. The number of carbonyl (C=O) groups is 1. The average Bonchev–Trinajstić information content (AvgIpc) is 3.06. The third kappa shape index (κ3) is 3.75. The summed E-state index contributed by atoms with van der Waals surface area (Å²) in [6.45, 7) is 6.05. The molecule has 1 aromatic heterocycles. The second-order valence-electron chi connectivity index (χ2n) is 6.68. The second kappa shape index (κ2) is 6.89. The molecule has 0 saturated carbocycles. The molecular formula is C17H23N5O. The summed E-state index contributed by atoms with van der Waals surface area (Å²) in [5.74, 6) is 1.18. The third-order valence-electron chi connectivity index (χ3n) is 4.42. The van der Waals surface area contributed by atoms with Crippen molar-refractivity contribution in [2.75, 3.05) is 13.1 Å². The molecule has 6 heteroatoms. The van der Waals surface area contributed by atoms with Crippen molar-refractivity contribution in [3.05, 3.63) is 42.2 Å². The third-order valence-corrected chi connectivity index (χ3v) is 4.42. The van der Waals surface area contributed by atoms with Crippen LogP contribution < -0.4 is 0 Å². The molecule has 0 bridgehead atoms. The monoisotopic (exact) mass is 313 g/mol. The summed E-state index contributed by atoms with van der Waals surface area (Å²) in [7, 11) is 0. The summed E-state index contributed by atoms with van der Waals surface area (Å²) in [6.07, 6.45) is 3.31. The first-order valence-electron chi connectivity index (χ1n) is 8.18. The lowest BCUT2D eigenvalue weighted by molar-refractivity contribution is -0.137. The Balaban J connectivity index is 1.82. The van der Waals surface area contributed by atoms with E-state index in [1.165, 1.54) is 12.7 Å². The Labute approximate surface area is 136 Å². The van der Waals surface area contributed by atoms with Crippen LogP contribution in [0.3, 0.4) is 0 Å². The van der Waals surface area contributed by atoms with E-state index in [0.717, 1.165) is 18.7 Å². The lowest BCUT2D eigenvalue weighted by Crippen LogP contribution is -2.46. The summed E-state index contributed by atoms with van der Waals surface area (Å²) in [5.41, 5.74) is 1.11. The molecule has 0 N–H and O–H groups in total. The van der Waals surface area contributed by atoms with Gasteiger partial charge in [0.25, 0.3) is 0 Å². The van der Waals surface area contributed by atoms with Crippen LogP contribution in [0.2, 0.25) is 0 Å². The Morgan fingerprint density at radius 3 is 2.52 bits per heavy atom. The first kappa shape index (κ1) is 15.6. The minimum absolute atomic E-state index is 0.111. The molecule has 0 radical (unpaired) electrons. The molecule has 1 aromatic carbocycles. The van der Waals surface area contributed by atoms with E-state index < -0.39 is 0 Å². The number of hydrogen-bond acceptors (Lipinski definition) is 4. The van der Waals surface area contributed by atoms with Crippen molar-refractivity contribution in [1.82, 2.24) is 25.1 Å². The van der Waals surface area contributed by atoms with Crippen LogP contribution in [0.15, 0.2) is 36.7 Å². The summed E-state index contributed by atoms with van der Waals surface area (Å²) >= 11 is 0. The van der Waals surface area contributed by atoms with Crippen LogP contribution in [-0.2, 0) is 11.2 Å². The van der Waals surface area contributed by atoms with Crippen molar-refractivity contribution in [2.24, 2.45) is 11.8 Å². The summed E-state index contributed by atoms with van der Waals surface area (Å²) in [4.78, 5) is 15.1. The molecule has 0 spiro atoms. The summed E-state index contributed by atoms with van der Waals surface area (Å²) < 4.78 is 1.58. The van der Waals surface area contributed by atoms with E-state index in [1.807, 2.05) is 35.2 Å². The van der Waals surface area contributed by atoms with Crippen LogP contribution in [0, 0.1) is 11.8 Å². The number of rotatable bonds is 4. The van der Waals surface area contributed by atoms with Gasteiger partial charge in [0.15, 0.2) is 0 Å². The number of likely N-dealkylation sites (tertiary alicyclic amines) is 1. The van der Waals surface area contributed by atoms with Crippen LogP contribution >= 0.6 is 0 Å². The lowest BCUT2D eigenvalue weighted by atomic mass is 9.91. The van der Waals surface area contributed by atoms with Gasteiger partial charge in [-0.1, -0.05) is 44.2 Å². The quantitative estimate of drug-likeness (QED) is 0.865. The second-order valence-corrected chi connectivity index (χ2v) is 6.68. The zero-order chi connectivity index (χ0) is 16.2. The van der Waals surface area contributed by atoms with E-state index in [2.05, 4.69) is 29.4 Å². The number of aromatic nitrogens is 4. The Morgan fingerprint density at radius 1 is 1.22 bits per heavy atom. The van der Waals surface area contributed by atoms with Gasteiger partial charge in [0, 0.05) is 19.5 Å². The minimum atomic E-state index is -0.384. The van der Waals surface area contributed by atoms with Crippen molar-refractivity contribution in [2.45, 2.75) is 32.7 Å². The van der Waals surface area contributed by atoms with Gasteiger partial charge in [-0.25, -0.2) is 4.68 Å². The Kier molecular flexibility index (Phi) is 4.69. The Bertz CT molecular complexity index is 618. The molecule has 2 heterocycles. The zero-order valence-electron chi connectivity index (χ0n) is 13.7. The number of hydrogen-bond donors (Lipinski definition) is 0. The number of nitrogens with zero attached hydrogens (tertiary/aromatic N) is 5. The molecule has 3 atom stereocenters. The maximum Gasteiger partial charge on any atom is 0.247 e. The van der Waals surface area contributed by atoms with Crippen LogP contribution in [0.1, 0.15) is 31.9 Å². The van der Waals surface area contributed by atoms with Crippen LogP contribution in [0.4, 0.5) is 0 Å². The van der Waals surface area contributed by atoms with Gasteiger partial charge in [-0.3, -0.25) is 4.79 Å². The zero-order valence-corrected chi connectivity index (χ0v) is 13.7. The molecule has 3 rings (SSSR count). The number of tetrazole rings is 1. The highest BCUT2D eigenvalue weighted by molar-refractivity contribution is 5.80. The van der Waals surface area contributed by atoms with E-state index in [4.69, 9.17) is 0 Å². The van der Waals surface area contributed by atoms with E-state index >= 15 is 0 Å². The normalized spacial score (nSPS) is 22.8. The van der Waals surface area contributed by atoms with Gasteiger partial charge < -0.3 is 4.90 Å². The maximum atomic E-state index is 13.1. The van der Waals surface area contributed by atoms with Crippen molar-refractivity contribution < 1.29 is 4.79 Å². The highest BCUT2D eigenvalue weighted by Crippen LogP contribution is 2.24. The van der Waals surface area contributed by atoms with E-state index in [-0.39, 0.29) is 11.9 Å². The molecule has 122 valence electrons. The SMILES string of the molecule is CC1CC(C)CN(C(=O)C(Cc2ccccc2)n2cnnn2)C1. The standard InChI is InChI=1S/C17H23N5O/c1-13-8-14(2)11-21(10-13)17(23)16(22-12-18-19-20-22)9-15-6-4-3-5-7-15/h3-7,12-14,16H,8-11H2,1-2H3. The molecule has 1 saturated heterocycles. The predicted octanol–water partition coefficient (Wildman–Crippen LogP) is 1.96. The maximum absolute atomic E-state index is 13.1. The highest BCUT2D eigenvalue weighted by Gasteiger charge is 2.31. The molecule has 3 unspecified atom stereocenters. The van der Waals surface area contributed by atoms with Crippen molar-refractivity contribution in [1.29, 1.82) is 0 Å². The van der Waals surface area contributed by atoms with Gasteiger partial charge in [0.1, 0.15) is 12.4 Å². The molecular weight excluding hydrogens is 290 g/mol. The first-order chi connectivity index (χ1) is 11.1. The fourth-order valence-corrected chi connectivity index (χ4v) is 3.50. The minimum Gasteiger partial charge on any atom is -0.340 e. The van der Waals surface area contributed by atoms with Gasteiger partial charge in [0.2, 0.25) is 5.91 Å². The number of benzene rings is 1. The van der Waals surface area contributed by atoms with Crippen LogP contribution in [0.25, 0.3) is 0 Å². The van der Waals surface area contributed by atoms with Gasteiger partial charge in [-0.15, -0.1) is 5.10 Å². The average molecular weight is 313 g/mol. The predicted molar refractivity (Wildman–Crippen MR) is 86.5 cm³/mol. The fraction of sp³-hybridized carbons (Fsp3) is 0.529. The van der Waals surface area contributed by atoms with E-state index in [9.17, 15) is 4.79 Å². The van der Waals surface area contributed by atoms with Crippen molar-refractivity contribution in [3.8, 4) is 0 Å². The largest absolute Gasteiger partial charge is 0.340 e. The van der Waals surface area contributed by atoms with Crippen molar-refractivity contribution >= 4 is 5.91 Å². The lowest BCUT2D eigenvalue weighted by Gasteiger charge is -2.36. The number of piperidine rings is 1. The van der Waals surface area contributed by atoms with Gasteiger partial charge in [0.05, 0.1) is 0 Å². The number of amides is 1. The molecule has 6 nitrogen and oxygen atoms in total. The van der Waals surface area contributed by atoms with Gasteiger partial charge >= 0.3 is 0 Å². The molecule has 1 amide bonds. The van der Waals surface area contributed by atoms with Crippen LogP contribution in [0.5, 0.6) is 0 Å². The Hall–Kier alpha value is -2.24. The van der Waals surface area contributed by atoms with Crippen molar-refractivity contribution in [3.63, 3.8) is 0 Å².